The van der Waals surface area contributed by atoms with Gasteiger partial charge in [-0.15, -0.1) is 0 Å². The molecule has 0 radical (unpaired) electrons. The molecular weight excluding hydrogens is 315 g/mol. The second kappa shape index (κ2) is 6.51. The molecule has 2 aromatic heterocycles. The van der Waals surface area contributed by atoms with Crippen molar-refractivity contribution in [1.82, 2.24) is 20.4 Å². The quantitative estimate of drug-likeness (QED) is 0.868. The predicted octanol–water partition coefficient (Wildman–Crippen LogP) is 2.09. The van der Waals surface area contributed by atoms with Gasteiger partial charge in [-0.25, -0.2) is 0 Å². The van der Waals surface area contributed by atoms with Crippen LogP contribution in [0.1, 0.15) is 18.7 Å². The zero-order chi connectivity index (χ0) is 13.8. The normalized spacial score (nSPS) is 18.1. The van der Waals surface area contributed by atoms with Crippen LogP contribution < -0.4 is 5.32 Å². The van der Waals surface area contributed by atoms with Gasteiger partial charge in [-0.05, 0) is 0 Å². The van der Waals surface area contributed by atoms with Crippen LogP contribution in [0.15, 0.2) is 29.0 Å². The molecule has 1 unspecified atom stereocenters. The van der Waals surface area contributed by atoms with Crippen LogP contribution in [0.2, 0.25) is 10.4 Å². The van der Waals surface area contributed by atoms with Crippen LogP contribution in [0.25, 0.3) is 11.4 Å². The summed E-state index contributed by atoms with van der Waals surface area (Å²) < 4.78 is 6.32. The summed E-state index contributed by atoms with van der Waals surface area (Å²) in [6, 6.07) is 3.81. The van der Waals surface area contributed by atoms with E-state index in [0.717, 1.165) is 34.5 Å². The van der Waals surface area contributed by atoms with Gasteiger partial charge in [-0.1, -0.05) is 0 Å². The van der Waals surface area contributed by atoms with Gasteiger partial charge >= 0.3 is 123 Å². The molecule has 0 aromatic carbocycles. The van der Waals surface area contributed by atoms with Crippen LogP contribution in [-0.4, -0.2) is 42.9 Å². The molecule has 0 bridgehead atoms. The number of nitrogens with zero attached hydrogens (tertiary/aromatic N) is 3. The zero-order valence-corrected chi connectivity index (χ0v) is 13.5. The minimum atomic E-state index is -0.911. The van der Waals surface area contributed by atoms with Gasteiger partial charge in [0.1, 0.15) is 0 Å². The van der Waals surface area contributed by atoms with E-state index in [9.17, 15) is 0 Å². The fraction of sp³-hybridized carbons (Fsp3) is 0.500. The van der Waals surface area contributed by atoms with E-state index in [4.69, 9.17) is 4.52 Å². The molecule has 6 heteroatoms. The Kier molecular flexibility index (Phi) is 4.48. The molecule has 1 N–H and O–H groups in total. The third kappa shape index (κ3) is 3.28. The average Bonchev–Trinajstić information content (AvgIpc) is 2.97. The van der Waals surface area contributed by atoms with Crippen molar-refractivity contribution in [2.45, 2.75) is 28.5 Å². The Balaban J connectivity index is 1.65. The average molecular weight is 334 g/mol. The summed E-state index contributed by atoms with van der Waals surface area (Å²) in [5, 5.41) is 8.52. The Bertz CT molecular complexity index is 539. The summed E-state index contributed by atoms with van der Waals surface area (Å²) in [4.78, 5) is 8.53. The van der Waals surface area contributed by atoms with Gasteiger partial charge in [0.15, 0.2) is 0 Å². The topological polar surface area (TPSA) is 63.8 Å². The van der Waals surface area contributed by atoms with Crippen molar-refractivity contribution >= 4 is 14.7 Å². The van der Waals surface area contributed by atoms with Gasteiger partial charge < -0.3 is 0 Å². The molecule has 0 saturated carbocycles. The van der Waals surface area contributed by atoms with Crippen LogP contribution in [-0.2, 0) is 5.21 Å². The molecule has 20 heavy (non-hydrogen) atoms. The Morgan fingerprint density at radius 3 is 2.80 bits per heavy atom. The summed E-state index contributed by atoms with van der Waals surface area (Å²) >= 11 is -0.911. The fourth-order valence-electron chi connectivity index (χ4n) is 2.53. The van der Waals surface area contributed by atoms with Gasteiger partial charge in [-0.2, -0.15) is 0 Å². The Hall–Kier alpha value is -1.19. The van der Waals surface area contributed by atoms with E-state index in [1.54, 1.807) is 12.4 Å². The minimum absolute atomic E-state index is 0.676. The fourth-order valence-corrected chi connectivity index (χ4v) is 6.62. The number of pyridine rings is 1. The number of rotatable bonds is 4. The van der Waals surface area contributed by atoms with Gasteiger partial charge in [0.2, 0.25) is 0 Å². The maximum absolute atomic E-state index is 5.42. The van der Waals surface area contributed by atoms with Gasteiger partial charge in [0.25, 0.3) is 0 Å². The van der Waals surface area contributed by atoms with Crippen molar-refractivity contribution in [2.75, 3.05) is 13.1 Å². The number of nitrogens with one attached hydrogen (secondary N) is 1. The van der Waals surface area contributed by atoms with Crippen LogP contribution in [0.3, 0.4) is 0 Å². The van der Waals surface area contributed by atoms with Crippen LogP contribution in [0.5, 0.6) is 0 Å². The van der Waals surface area contributed by atoms with Gasteiger partial charge in [-0.3, -0.25) is 0 Å². The first-order valence-corrected chi connectivity index (χ1v) is 11.3. The molecule has 1 aliphatic rings. The van der Waals surface area contributed by atoms with Crippen molar-refractivity contribution in [2.24, 2.45) is 0 Å². The molecule has 106 valence electrons. The molecular formula is C14H19AsN4O. The molecule has 1 fully saturated rings. The van der Waals surface area contributed by atoms with E-state index < -0.39 is 14.7 Å². The summed E-state index contributed by atoms with van der Waals surface area (Å²) in [7, 11) is 0. The molecule has 1 saturated heterocycles. The van der Waals surface area contributed by atoms with Crippen LogP contribution in [0, 0.1) is 0 Å². The molecule has 1 aliphatic heterocycles. The van der Waals surface area contributed by atoms with Gasteiger partial charge in [0.05, 0.1) is 0 Å². The van der Waals surface area contributed by atoms with Crippen molar-refractivity contribution in [1.29, 1.82) is 0 Å². The van der Waals surface area contributed by atoms with E-state index in [-0.39, 0.29) is 0 Å². The molecule has 0 amide bonds. The van der Waals surface area contributed by atoms with Crippen molar-refractivity contribution < 1.29 is 4.52 Å². The number of aromatic nitrogens is 3. The Morgan fingerprint density at radius 1 is 1.30 bits per heavy atom. The summed E-state index contributed by atoms with van der Waals surface area (Å²) in [6.45, 7) is 2.33. The third-order valence-corrected chi connectivity index (χ3v) is 9.04. The first-order valence-electron chi connectivity index (χ1n) is 6.97. The van der Waals surface area contributed by atoms with Crippen molar-refractivity contribution in [3.8, 4) is 11.4 Å². The predicted molar refractivity (Wildman–Crippen MR) is 78.7 cm³/mol. The molecule has 0 aliphatic carbocycles. The summed E-state index contributed by atoms with van der Waals surface area (Å²) in [5.74, 6) is 1.48. The zero-order valence-electron chi connectivity index (χ0n) is 11.6. The third-order valence-electron chi connectivity index (χ3n) is 3.72. The first kappa shape index (κ1) is 13.8. The van der Waals surface area contributed by atoms with E-state index >= 15 is 0 Å². The molecule has 0 spiro atoms. The summed E-state index contributed by atoms with van der Waals surface area (Å²) in [5.41, 5.74) is 3.39. The van der Waals surface area contributed by atoms with E-state index in [0.29, 0.717) is 5.82 Å². The number of piperidine rings is 1. The van der Waals surface area contributed by atoms with Crippen molar-refractivity contribution in [3.05, 3.63) is 30.4 Å². The van der Waals surface area contributed by atoms with E-state index in [2.05, 4.69) is 26.2 Å². The van der Waals surface area contributed by atoms with Crippen LogP contribution in [0.4, 0.5) is 0 Å². The van der Waals surface area contributed by atoms with E-state index in [1.807, 2.05) is 12.1 Å². The second-order valence-electron chi connectivity index (χ2n) is 5.14. The maximum atomic E-state index is 5.42. The Morgan fingerprint density at radius 2 is 2.05 bits per heavy atom. The molecule has 3 heterocycles. The molecule has 2 aromatic rings. The van der Waals surface area contributed by atoms with Crippen LogP contribution >= 0.6 is 0 Å². The molecule has 3 rings (SSSR count). The first-order chi connectivity index (χ1) is 9.83. The summed E-state index contributed by atoms with van der Waals surface area (Å²) in [6.07, 6.45) is 6.11. The van der Waals surface area contributed by atoms with Crippen molar-refractivity contribution in [3.63, 3.8) is 0 Å². The molecule has 1 atom stereocenters. The molecule has 5 nitrogen and oxygen atoms in total. The second-order valence-corrected chi connectivity index (χ2v) is 10.5. The Labute approximate surface area is 123 Å². The monoisotopic (exact) mass is 334 g/mol. The number of hydrogen-bond acceptors (Lipinski definition) is 5. The standard InChI is InChI=1S/C14H19AsN4O/c1-15(12-4-8-17-9-5-12)10-13-18-14(19-20-13)11-2-6-16-7-3-11/h2-3,6-7,12,17H,4-5,8-10H2,1H3. The van der Waals surface area contributed by atoms with Gasteiger partial charge in [0, 0.05) is 0 Å². The van der Waals surface area contributed by atoms with E-state index in [1.165, 1.54) is 12.8 Å². The number of hydrogen-bond donors (Lipinski definition) is 1. The SMILES string of the molecule is C[As](Cc1nc(-c2ccncc2)no1)C1CCNCC1.